The third-order valence-electron chi connectivity index (χ3n) is 5.63. The number of fused-ring (bicyclic) bond motifs is 1. The number of carbonyl (C=O) groups excluding carboxylic acids is 1. The minimum Gasteiger partial charge on any atom is -0.463 e. The molecule has 0 amide bonds. The summed E-state index contributed by atoms with van der Waals surface area (Å²) in [4.78, 5) is 48.6. The summed E-state index contributed by atoms with van der Waals surface area (Å²) in [5.41, 5.74) is 4.67. The zero-order valence-electron chi connectivity index (χ0n) is 19.1. The Morgan fingerprint density at radius 2 is 1.78 bits per heavy atom. The number of nitrogens with zero attached hydrogens (tertiary/aromatic N) is 4. The standard InChI is InChI=1S/C24H17N5O7S/c1-2-36-24(31)20-19(14-8-4-6-10-17(14)29(34)35)15(12-25)21(26)27-22(30)18(37-23(20)27)11-13-7-3-5-9-16(13)28(32)33/h3-11,19H,2,26H2,1H3. The molecule has 2 heterocycles. The van der Waals surface area contributed by atoms with Crippen LogP contribution in [0.3, 0.4) is 0 Å². The molecule has 3 aromatic rings. The molecular formula is C24H17N5O7S. The Balaban J connectivity index is 2.15. The lowest BCUT2D eigenvalue weighted by atomic mass is 9.83. The molecule has 186 valence electrons. The van der Waals surface area contributed by atoms with Crippen molar-refractivity contribution in [3.8, 4) is 6.07 Å². The zero-order chi connectivity index (χ0) is 26.9. The lowest BCUT2D eigenvalue weighted by molar-refractivity contribution is -0.385. The molecule has 37 heavy (non-hydrogen) atoms. The first-order chi connectivity index (χ1) is 17.7. The van der Waals surface area contributed by atoms with Crippen LogP contribution in [0.4, 0.5) is 11.4 Å². The number of carbonyl (C=O) groups is 1. The summed E-state index contributed by atoms with van der Waals surface area (Å²) in [5.74, 6) is -2.49. The fourth-order valence-corrected chi connectivity index (χ4v) is 5.24. The SMILES string of the molecule is CCOC(=O)C1=c2sc(=Cc3ccccc3[N+](=O)[O-])c(=O)n2C(N)=C(C#N)C1c1ccccc1[N+](=O)[O-]. The number of ether oxygens (including phenoxy) is 1. The maximum Gasteiger partial charge on any atom is 0.338 e. The molecule has 1 aromatic heterocycles. The highest BCUT2D eigenvalue weighted by atomic mass is 32.1. The second-order valence-corrected chi connectivity index (χ2v) is 8.70. The van der Waals surface area contributed by atoms with E-state index in [1.54, 1.807) is 13.0 Å². The number of benzene rings is 2. The molecule has 0 aliphatic carbocycles. The van der Waals surface area contributed by atoms with Crippen LogP contribution >= 0.6 is 11.3 Å². The molecule has 0 spiro atoms. The second-order valence-electron chi connectivity index (χ2n) is 7.67. The lowest BCUT2D eigenvalue weighted by Crippen LogP contribution is -2.40. The maximum absolute atomic E-state index is 13.4. The number of para-hydroxylation sites is 2. The quantitative estimate of drug-likeness (QED) is 0.288. The van der Waals surface area contributed by atoms with Crippen molar-refractivity contribution in [3.63, 3.8) is 0 Å². The Bertz CT molecular complexity index is 1730. The molecule has 1 aliphatic heterocycles. The predicted octanol–water partition coefficient (Wildman–Crippen LogP) is 1.72. The Morgan fingerprint density at radius 1 is 1.16 bits per heavy atom. The summed E-state index contributed by atoms with van der Waals surface area (Å²) in [6.45, 7) is 1.52. The first-order valence-corrected chi connectivity index (χ1v) is 11.5. The predicted molar refractivity (Wildman–Crippen MR) is 133 cm³/mol. The molecule has 0 radical (unpaired) electrons. The van der Waals surface area contributed by atoms with E-state index in [-0.39, 0.29) is 55.3 Å². The van der Waals surface area contributed by atoms with Crippen LogP contribution in [0.25, 0.3) is 17.5 Å². The molecular weight excluding hydrogens is 502 g/mol. The van der Waals surface area contributed by atoms with E-state index in [2.05, 4.69) is 0 Å². The van der Waals surface area contributed by atoms with Gasteiger partial charge in [-0.3, -0.25) is 29.6 Å². The molecule has 0 saturated heterocycles. The summed E-state index contributed by atoms with van der Waals surface area (Å²) >= 11 is 0.809. The van der Waals surface area contributed by atoms with Crippen molar-refractivity contribution in [3.05, 3.63) is 105 Å². The number of thiazole rings is 1. The minimum atomic E-state index is -1.29. The van der Waals surface area contributed by atoms with Gasteiger partial charge in [-0.25, -0.2) is 4.79 Å². The van der Waals surface area contributed by atoms with Crippen LogP contribution in [0.15, 0.2) is 58.9 Å². The van der Waals surface area contributed by atoms with Gasteiger partial charge in [-0.05, 0) is 19.1 Å². The number of nitro benzene ring substituents is 2. The fraction of sp³-hybridized carbons (Fsp3) is 0.125. The summed E-state index contributed by atoms with van der Waals surface area (Å²) in [6.07, 6.45) is 1.29. The lowest BCUT2D eigenvalue weighted by Gasteiger charge is -2.24. The van der Waals surface area contributed by atoms with Gasteiger partial charge in [-0.15, -0.1) is 11.3 Å². The topological polar surface area (TPSA) is 184 Å². The molecule has 2 aromatic carbocycles. The van der Waals surface area contributed by atoms with Gasteiger partial charge in [0.1, 0.15) is 10.5 Å². The van der Waals surface area contributed by atoms with Crippen LogP contribution in [0, 0.1) is 31.6 Å². The van der Waals surface area contributed by atoms with Gasteiger partial charge in [-0.1, -0.05) is 30.3 Å². The van der Waals surface area contributed by atoms with Crippen LogP contribution in [0.1, 0.15) is 24.0 Å². The molecule has 12 nitrogen and oxygen atoms in total. The smallest absolute Gasteiger partial charge is 0.338 e. The van der Waals surface area contributed by atoms with Crippen LogP contribution in [0.5, 0.6) is 0 Å². The largest absolute Gasteiger partial charge is 0.463 e. The van der Waals surface area contributed by atoms with Crippen LogP contribution in [0.2, 0.25) is 0 Å². The van der Waals surface area contributed by atoms with Gasteiger partial charge in [0.15, 0.2) is 0 Å². The molecule has 0 fully saturated rings. The monoisotopic (exact) mass is 519 g/mol. The van der Waals surface area contributed by atoms with E-state index in [1.165, 1.54) is 48.5 Å². The molecule has 1 unspecified atom stereocenters. The van der Waals surface area contributed by atoms with Gasteiger partial charge in [0, 0.05) is 17.7 Å². The maximum atomic E-state index is 13.4. The summed E-state index contributed by atoms with van der Waals surface area (Å²) in [7, 11) is 0. The molecule has 2 N–H and O–H groups in total. The Kier molecular flexibility index (Phi) is 6.68. The fourth-order valence-electron chi connectivity index (χ4n) is 4.08. The van der Waals surface area contributed by atoms with Gasteiger partial charge in [-0.2, -0.15) is 5.26 Å². The molecule has 1 aliphatic rings. The van der Waals surface area contributed by atoms with E-state index in [0.717, 1.165) is 15.9 Å². The molecule has 4 rings (SSSR count). The van der Waals surface area contributed by atoms with Crippen molar-refractivity contribution in [1.82, 2.24) is 4.57 Å². The van der Waals surface area contributed by atoms with E-state index in [1.807, 2.05) is 6.07 Å². The highest BCUT2D eigenvalue weighted by Gasteiger charge is 2.39. The number of hydrogen-bond donors (Lipinski definition) is 1. The van der Waals surface area contributed by atoms with Gasteiger partial charge < -0.3 is 10.5 Å². The number of esters is 1. The van der Waals surface area contributed by atoms with E-state index in [0.29, 0.717) is 0 Å². The van der Waals surface area contributed by atoms with Crippen LogP contribution < -0.4 is 20.5 Å². The van der Waals surface area contributed by atoms with Crippen molar-refractivity contribution in [1.29, 1.82) is 5.26 Å². The molecule has 0 saturated carbocycles. The first-order valence-electron chi connectivity index (χ1n) is 10.7. The number of hydrogen-bond acceptors (Lipinski definition) is 10. The Morgan fingerprint density at radius 3 is 2.41 bits per heavy atom. The number of rotatable bonds is 6. The third-order valence-corrected chi connectivity index (χ3v) is 6.74. The number of nitro groups is 2. The summed E-state index contributed by atoms with van der Waals surface area (Å²) in [6, 6.07) is 13.2. The van der Waals surface area contributed by atoms with Crippen LogP contribution in [-0.2, 0) is 9.53 Å². The molecule has 13 heteroatoms. The average molecular weight is 519 g/mol. The molecule has 1 atom stereocenters. The van der Waals surface area contributed by atoms with Crippen LogP contribution in [-0.4, -0.2) is 27.0 Å². The molecule has 0 bridgehead atoms. The zero-order valence-corrected chi connectivity index (χ0v) is 19.9. The third kappa shape index (κ3) is 4.26. The number of allylic oxidation sites excluding steroid dienone is 1. The van der Waals surface area contributed by atoms with E-state index < -0.39 is 27.3 Å². The minimum absolute atomic E-state index is 0.00505. The van der Waals surface area contributed by atoms with Gasteiger partial charge in [0.2, 0.25) is 0 Å². The van der Waals surface area contributed by atoms with E-state index in [4.69, 9.17) is 10.5 Å². The van der Waals surface area contributed by atoms with Gasteiger partial charge in [0.25, 0.3) is 16.9 Å². The summed E-state index contributed by atoms with van der Waals surface area (Å²) in [5, 5.41) is 33.2. The van der Waals surface area contributed by atoms with Gasteiger partial charge >= 0.3 is 5.97 Å². The highest BCUT2D eigenvalue weighted by Crippen LogP contribution is 2.40. The number of aromatic nitrogens is 1. The van der Waals surface area contributed by atoms with Crippen molar-refractivity contribution in [2.75, 3.05) is 6.61 Å². The highest BCUT2D eigenvalue weighted by molar-refractivity contribution is 7.07. The first kappa shape index (κ1) is 25.0. The van der Waals surface area contributed by atoms with E-state index >= 15 is 0 Å². The Labute approximate surface area is 211 Å². The normalized spacial score (nSPS) is 15.2. The van der Waals surface area contributed by atoms with Gasteiger partial charge in [0.05, 0.1) is 49.7 Å². The average Bonchev–Trinajstić information content (AvgIpc) is 3.19. The van der Waals surface area contributed by atoms with Crippen molar-refractivity contribution < 1.29 is 19.4 Å². The number of nitriles is 1. The second kappa shape index (κ2) is 9.88. The van der Waals surface area contributed by atoms with Crippen molar-refractivity contribution in [2.45, 2.75) is 12.8 Å². The Hall–Kier alpha value is -5.09. The summed E-state index contributed by atoms with van der Waals surface area (Å²) < 4.78 is 6.17. The number of nitrogens with two attached hydrogens (primary N) is 1. The van der Waals surface area contributed by atoms with Crippen molar-refractivity contribution >= 4 is 46.2 Å². The van der Waals surface area contributed by atoms with E-state index in [9.17, 15) is 35.1 Å². The van der Waals surface area contributed by atoms with Crippen molar-refractivity contribution in [2.24, 2.45) is 5.73 Å².